The first-order chi connectivity index (χ1) is 9.31. The number of carbonyl (C=O) groups excluding carboxylic acids is 1. The largest absolute Gasteiger partial charge is 0.495 e. The molecule has 1 atom stereocenters. The van der Waals surface area contributed by atoms with Crippen LogP contribution in [0.5, 0.6) is 5.75 Å². The number of amides is 1. The highest BCUT2D eigenvalue weighted by molar-refractivity contribution is 7.89. The first-order valence-electron chi connectivity index (χ1n) is 5.95. The van der Waals surface area contributed by atoms with E-state index in [0.29, 0.717) is 12.3 Å². The molecule has 1 aromatic carbocycles. The van der Waals surface area contributed by atoms with Crippen LogP contribution in [0, 0.1) is 0 Å². The van der Waals surface area contributed by atoms with E-state index in [9.17, 15) is 13.2 Å². The van der Waals surface area contributed by atoms with Gasteiger partial charge >= 0.3 is 0 Å². The molecule has 0 bridgehead atoms. The molecule has 0 spiro atoms. The number of carbonyl (C=O) groups is 1. The third-order valence-corrected chi connectivity index (χ3v) is 4.34. The monoisotopic (exact) mass is 320 g/mol. The number of hydrogen-bond acceptors (Lipinski definition) is 4. The second-order valence-corrected chi connectivity index (χ2v) is 6.16. The summed E-state index contributed by atoms with van der Waals surface area (Å²) in [5, 5.41) is 2.72. The fourth-order valence-electron chi connectivity index (χ4n) is 1.50. The van der Waals surface area contributed by atoms with Crippen molar-refractivity contribution < 1.29 is 17.9 Å². The van der Waals surface area contributed by atoms with Crippen LogP contribution in [-0.4, -0.2) is 34.0 Å². The van der Waals surface area contributed by atoms with Gasteiger partial charge in [0.1, 0.15) is 5.75 Å². The maximum absolute atomic E-state index is 12.1. The number of halogens is 1. The fraction of sp³-hybridized carbons (Fsp3) is 0.417. The lowest BCUT2D eigenvalue weighted by molar-refractivity contribution is -0.122. The van der Waals surface area contributed by atoms with Gasteiger partial charge in [0.25, 0.3) is 0 Å². The Morgan fingerprint density at radius 3 is 2.60 bits per heavy atom. The highest BCUT2D eigenvalue weighted by Crippen LogP contribution is 2.26. The SMILES string of the molecule is CCNC(=O)[C@H](C)NS(=O)(=O)c1ccc(OC)c(Cl)c1. The first-order valence-corrected chi connectivity index (χ1v) is 7.81. The van der Waals surface area contributed by atoms with Crippen molar-refractivity contribution in [2.75, 3.05) is 13.7 Å². The highest BCUT2D eigenvalue weighted by atomic mass is 35.5. The van der Waals surface area contributed by atoms with Gasteiger partial charge in [0.15, 0.2) is 0 Å². The summed E-state index contributed by atoms with van der Waals surface area (Å²) in [7, 11) is -2.39. The lowest BCUT2D eigenvalue weighted by Crippen LogP contribution is -2.44. The predicted molar refractivity (Wildman–Crippen MR) is 76.5 cm³/mol. The Bertz CT molecular complexity index is 589. The third-order valence-electron chi connectivity index (χ3n) is 2.51. The van der Waals surface area contributed by atoms with E-state index >= 15 is 0 Å². The second-order valence-electron chi connectivity index (χ2n) is 4.03. The lowest BCUT2D eigenvalue weighted by Gasteiger charge is -2.14. The third kappa shape index (κ3) is 4.09. The normalized spacial score (nSPS) is 12.8. The Balaban J connectivity index is 2.94. The van der Waals surface area contributed by atoms with E-state index in [1.807, 2.05) is 0 Å². The number of methoxy groups -OCH3 is 1. The first kappa shape index (κ1) is 16.7. The molecule has 0 fully saturated rings. The maximum Gasteiger partial charge on any atom is 0.241 e. The number of benzene rings is 1. The van der Waals surface area contributed by atoms with E-state index in [2.05, 4.69) is 10.0 Å². The standard InChI is InChI=1S/C12H17ClN2O4S/c1-4-14-12(16)8(2)15-20(17,18)9-5-6-11(19-3)10(13)7-9/h5-8,15H,4H2,1-3H3,(H,14,16)/t8-/m0/s1. The number of ether oxygens (including phenoxy) is 1. The number of hydrogen-bond donors (Lipinski definition) is 2. The van der Waals surface area contributed by atoms with Crippen LogP contribution in [0.25, 0.3) is 0 Å². The van der Waals surface area contributed by atoms with Crippen molar-refractivity contribution in [3.63, 3.8) is 0 Å². The molecule has 0 aliphatic heterocycles. The zero-order chi connectivity index (χ0) is 15.3. The summed E-state index contributed by atoms with van der Waals surface area (Å²) in [6, 6.07) is 3.21. The molecule has 20 heavy (non-hydrogen) atoms. The molecule has 2 N–H and O–H groups in total. The van der Waals surface area contributed by atoms with Gasteiger partial charge in [-0.15, -0.1) is 0 Å². The van der Waals surface area contributed by atoms with E-state index in [1.54, 1.807) is 6.92 Å². The van der Waals surface area contributed by atoms with E-state index in [0.717, 1.165) is 0 Å². The molecule has 8 heteroatoms. The molecule has 0 aliphatic carbocycles. The Labute approximate surface area is 123 Å². The fourth-order valence-corrected chi connectivity index (χ4v) is 3.05. The number of sulfonamides is 1. The minimum Gasteiger partial charge on any atom is -0.495 e. The highest BCUT2D eigenvalue weighted by Gasteiger charge is 2.22. The van der Waals surface area contributed by atoms with Crippen LogP contribution in [0.3, 0.4) is 0 Å². The molecule has 0 saturated carbocycles. The number of likely N-dealkylation sites (N-methyl/N-ethyl adjacent to an activating group) is 1. The van der Waals surface area contributed by atoms with Gasteiger partial charge in [0, 0.05) is 6.54 Å². The van der Waals surface area contributed by atoms with Crippen molar-refractivity contribution in [1.29, 1.82) is 0 Å². The van der Waals surface area contributed by atoms with Crippen LogP contribution in [0.1, 0.15) is 13.8 Å². The van der Waals surface area contributed by atoms with Crippen LogP contribution in [-0.2, 0) is 14.8 Å². The van der Waals surface area contributed by atoms with Crippen molar-refractivity contribution in [1.82, 2.24) is 10.0 Å². The minimum atomic E-state index is -3.82. The molecule has 1 rings (SSSR count). The summed E-state index contributed by atoms with van der Waals surface area (Å²) >= 11 is 5.89. The summed E-state index contributed by atoms with van der Waals surface area (Å²) in [4.78, 5) is 11.5. The van der Waals surface area contributed by atoms with E-state index < -0.39 is 22.0 Å². The molecule has 6 nitrogen and oxygen atoms in total. The molecule has 1 aromatic rings. The Morgan fingerprint density at radius 1 is 1.45 bits per heavy atom. The zero-order valence-electron chi connectivity index (χ0n) is 11.4. The predicted octanol–water partition coefficient (Wildman–Crippen LogP) is 1.15. The van der Waals surface area contributed by atoms with Crippen molar-refractivity contribution in [3.05, 3.63) is 23.2 Å². The van der Waals surface area contributed by atoms with Crippen molar-refractivity contribution in [3.8, 4) is 5.75 Å². The van der Waals surface area contributed by atoms with Crippen LogP contribution in [0.4, 0.5) is 0 Å². The Kier molecular flexibility index (Phi) is 5.79. The molecule has 112 valence electrons. The molecule has 0 unspecified atom stereocenters. The van der Waals surface area contributed by atoms with Gasteiger partial charge in [-0.25, -0.2) is 8.42 Å². The van der Waals surface area contributed by atoms with Gasteiger partial charge in [0.05, 0.1) is 23.1 Å². The second kappa shape index (κ2) is 6.92. The molecule has 0 saturated heterocycles. The quantitative estimate of drug-likeness (QED) is 0.823. The van der Waals surface area contributed by atoms with Gasteiger partial charge in [-0.2, -0.15) is 4.72 Å². The van der Waals surface area contributed by atoms with Crippen molar-refractivity contribution in [2.45, 2.75) is 24.8 Å². The summed E-state index contributed by atoms with van der Waals surface area (Å²) in [5.74, 6) is -0.0157. The van der Waals surface area contributed by atoms with Gasteiger partial charge in [0.2, 0.25) is 15.9 Å². The summed E-state index contributed by atoms with van der Waals surface area (Å²) in [6.45, 7) is 3.65. The Hall–Kier alpha value is -1.31. The maximum atomic E-state index is 12.1. The van der Waals surface area contributed by atoms with Crippen molar-refractivity contribution in [2.24, 2.45) is 0 Å². The molecule has 0 heterocycles. The van der Waals surface area contributed by atoms with Gasteiger partial charge in [-0.3, -0.25) is 4.79 Å². The van der Waals surface area contributed by atoms with Gasteiger partial charge in [-0.05, 0) is 32.0 Å². The molecular formula is C12H17ClN2O4S. The number of nitrogens with one attached hydrogen (secondary N) is 2. The van der Waals surface area contributed by atoms with Crippen LogP contribution < -0.4 is 14.8 Å². The molecule has 0 aromatic heterocycles. The average molecular weight is 321 g/mol. The topological polar surface area (TPSA) is 84.5 Å². The summed E-state index contributed by atoms with van der Waals surface area (Å²) < 4.78 is 31.5. The lowest BCUT2D eigenvalue weighted by atomic mass is 10.3. The van der Waals surface area contributed by atoms with Gasteiger partial charge in [-0.1, -0.05) is 11.6 Å². The van der Waals surface area contributed by atoms with Crippen molar-refractivity contribution >= 4 is 27.5 Å². The molecule has 0 radical (unpaired) electrons. The van der Waals surface area contributed by atoms with Gasteiger partial charge < -0.3 is 10.1 Å². The Morgan fingerprint density at radius 2 is 2.10 bits per heavy atom. The number of rotatable bonds is 6. The molecular weight excluding hydrogens is 304 g/mol. The zero-order valence-corrected chi connectivity index (χ0v) is 13.0. The molecule has 1 amide bonds. The summed E-state index contributed by atoms with van der Waals surface area (Å²) in [6.07, 6.45) is 0. The average Bonchev–Trinajstić information content (AvgIpc) is 2.38. The summed E-state index contributed by atoms with van der Waals surface area (Å²) in [5.41, 5.74) is 0. The van der Waals surface area contributed by atoms with E-state index in [1.165, 1.54) is 32.2 Å². The van der Waals surface area contributed by atoms with Crippen LogP contribution in [0.2, 0.25) is 5.02 Å². The van der Waals surface area contributed by atoms with Crippen LogP contribution >= 0.6 is 11.6 Å². The van der Waals surface area contributed by atoms with Crippen LogP contribution in [0.15, 0.2) is 23.1 Å². The molecule has 0 aliphatic rings. The van der Waals surface area contributed by atoms with E-state index in [-0.39, 0.29) is 9.92 Å². The minimum absolute atomic E-state index is 0.0283. The smallest absolute Gasteiger partial charge is 0.241 e. The van der Waals surface area contributed by atoms with E-state index in [4.69, 9.17) is 16.3 Å².